The van der Waals surface area contributed by atoms with Crippen molar-refractivity contribution >= 4 is 37.4 Å². The number of amides is 1. The van der Waals surface area contributed by atoms with E-state index in [0.29, 0.717) is 6.42 Å². The molecule has 0 radical (unpaired) electrons. The Hall–Kier alpha value is -1.61. The Bertz CT molecular complexity index is 1110. The second kappa shape index (κ2) is 14.2. The Morgan fingerprint density at radius 2 is 1.85 bits per heavy atom. The first-order valence-electron chi connectivity index (χ1n) is 15.2. The number of nitrogens with one attached hydrogen (secondary N) is 1. The molecule has 1 unspecified atom stereocenters. The highest BCUT2D eigenvalue weighted by Gasteiger charge is 2.46. The summed E-state index contributed by atoms with van der Waals surface area (Å²) >= 11 is 1.60. The number of carbonyl (C=O) groups is 2. The van der Waals surface area contributed by atoms with Crippen molar-refractivity contribution in [2.45, 2.75) is 138 Å². The molecule has 1 amide bonds. The third-order valence-corrected chi connectivity index (χ3v) is 14.6. The normalized spacial score (nSPS) is 29.5. The molecule has 1 aromatic heterocycles. The molecule has 0 aliphatic carbocycles. The van der Waals surface area contributed by atoms with Gasteiger partial charge < -0.3 is 14.8 Å². The van der Waals surface area contributed by atoms with E-state index in [-0.39, 0.29) is 41.2 Å². The van der Waals surface area contributed by atoms with E-state index in [4.69, 9.17) is 4.43 Å². The monoisotopic (exact) mass is 604 g/mol. The zero-order valence-electron chi connectivity index (χ0n) is 27.7. The van der Waals surface area contributed by atoms with E-state index in [1.807, 2.05) is 32.2 Å². The maximum absolute atomic E-state index is 14.0. The summed E-state index contributed by atoms with van der Waals surface area (Å²) in [6, 6.07) is -0.224. The van der Waals surface area contributed by atoms with Gasteiger partial charge in [-0.05, 0) is 82.2 Å². The minimum absolute atomic E-state index is 0.0125. The van der Waals surface area contributed by atoms with Gasteiger partial charge >= 0.3 is 0 Å². The van der Waals surface area contributed by atoms with Crippen LogP contribution in [0.1, 0.15) is 105 Å². The Morgan fingerprint density at radius 1 is 1.22 bits per heavy atom. The first-order chi connectivity index (χ1) is 18.8. The summed E-state index contributed by atoms with van der Waals surface area (Å²) < 4.78 is 6.94. The van der Waals surface area contributed by atoms with Crippen molar-refractivity contribution in [2.24, 2.45) is 17.3 Å². The van der Waals surface area contributed by atoms with E-state index in [1.54, 1.807) is 25.2 Å². The van der Waals surface area contributed by atoms with Crippen LogP contribution in [0.25, 0.3) is 6.08 Å². The topological polar surface area (TPSA) is 88.5 Å². The van der Waals surface area contributed by atoms with Crippen molar-refractivity contribution in [1.82, 2.24) is 10.3 Å². The van der Waals surface area contributed by atoms with Crippen LogP contribution in [0.4, 0.5) is 0 Å². The first kappa shape index (κ1) is 35.6. The summed E-state index contributed by atoms with van der Waals surface area (Å²) in [6.07, 6.45) is 6.31. The van der Waals surface area contributed by atoms with Crippen molar-refractivity contribution in [3.63, 3.8) is 0 Å². The number of aryl methyl sites for hydroxylation is 1. The molecular weight excluding hydrogens is 549 g/mol. The zero-order valence-corrected chi connectivity index (χ0v) is 29.5. The second-order valence-electron chi connectivity index (χ2n) is 14.4. The van der Waals surface area contributed by atoms with E-state index in [0.717, 1.165) is 35.5 Å². The lowest BCUT2D eigenvalue weighted by Crippen LogP contribution is -2.52. The lowest BCUT2D eigenvalue weighted by Gasteiger charge is -2.44. The molecule has 0 aromatic carbocycles. The number of ketones is 1. The standard InChI is InChI=1S/C33H56N2O4SSi/c1-21-14-13-15-22(2)30(39-41(11,12)32(6,7)8)24(4)31(38)33(9,10)28(36)19-29(37)35-27(17-16-21)23(3)18-26-20-40-25(5)34-26/h16,18,20,22,24,27-28,30,36H,13-15,17,19H2,1-12H3,(H,35,37)/b21-16-,23-18+/t22-,24+,27-,28-,30?/m0/s1. The van der Waals surface area contributed by atoms with Crippen LogP contribution in [0.5, 0.6) is 0 Å². The van der Waals surface area contributed by atoms with Crippen LogP contribution in [-0.4, -0.2) is 48.3 Å². The molecule has 0 bridgehead atoms. The maximum atomic E-state index is 14.0. The number of hydrogen-bond acceptors (Lipinski definition) is 6. The van der Waals surface area contributed by atoms with Crippen LogP contribution in [-0.2, 0) is 14.0 Å². The van der Waals surface area contributed by atoms with Crippen LogP contribution in [0.3, 0.4) is 0 Å². The number of rotatable bonds is 4. The third-order valence-electron chi connectivity index (χ3n) is 9.38. The fourth-order valence-electron chi connectivity index (χ4n) is 5.24. The fourth-order valence-corrected chi connectivity index (χ4v) is 7.28. The van der Waals surface area contributed by atoms with Gasteiger partial charge in [-0.15, -0.1) is 11.3 Å². The minimum atomic E-state index is -2.16. The summed E-state index contributed by atoms with van der Waals surface area (Å²) in [5.74, 6) is -0.544. The number of thiazole rings is 1. The number of hydrogen-bond donors (Lipinski definition) is 2. The molecule has 1 aliphatic heterocycles. The van der Waals surface area contributed by atoms with Gasteiger partial charge in [0.15, 0.2) is 8.32 Å². The molecule has 41 heavy (non-hydrogen) atoms. The van der Waals surface area contributed by atoms with Crippen molar-refractivity contribution in [1.29, 1.82) is 0 Å². The first-order valence-corrected chi connectivity index (χ1v) is 19.0. The van der Waals surface area contributed by atoms with Gasteiger partial charge in [-0.3, -0.25) is 9.59 Å². The van der Waals surface area contributed by atoms with Crippen LogP contribution >= 0.6 is 11.3 Å². The Balaban J connectivity index is 2.43. The van der Waals surface area contributed by atoms with Gasteiger partial charge in [-0.2, -0.15) is 0 Å². The van der Waals surface area contributed by atoms with Crippen molar-refractivity contribution in [2.75, 3.05) is 0 Å². The molecular formula is C33H56N2O4SSi. The average molecular weight is 605 g/mol. The number of aliphatic hydroxyl groups excluding tert-OH is 1. The van der Waals surface area contributed by atoms with Crippen molar-refractivity contribution in [3.8, 4) is 0 Å². The third kappa shape index (κ3) is 9.70. The number of nitrogens with zero attached hydrogens (tertiary/aromatic N) is 1. The number of aliphatic hydroxyl groups is 1. The predicted molar refractivity (Wildman–Crippen MR) is 174 cm³/mol. The van der Waals surface area contributed by atoms with Gasteiger partial charge in [0, 0.05) is 11.3 Å². The summed E-state index contributed by atoms with van der Waals surface area (Å²) in [6.45, 7) is 24.9. The van der Waals surface area contributed by atoms with Crippen LogP contribution < -0.4 is 5.32 Å². The number of allylic oxidation sites excluding steroid dienone is 1. The largest absolute Gasteiger partial charge is 0.413 e. The van der Waals surface area contributed by atoms with Crippen LogP contribution in [0.15, 0.2) is 22.6 Å². The second-order valence-corrected chi connectivity index (χ2v) is 20.2. The van der Waals surface area contributed by atoms with Gasteiger partial charge in [0.1, 0.15) is 5.78 Å². The molecule has 6 nitrogen and oxygen atoms in total. The summed E-state index contributed by atoms with van der Waals surface area (Å²) in [5, 5.41) is 17.4. The van der Waals surface area contributed by atoms with Gasteiger partial charge in [-0.1, -0.05) is 60.1 Å². The highest BCUT2D eigenvalue weighted by molar-refractivity contribution is 7.09. The Kier molecular flexibility index (Phi) is 12.4. The Morgan fingerprint density at radius 3 is 2.41 bits per heavy atom. The van der Waals surface area contributed by atoms with E-state index >= 15 is 0 Å². The number of Topliss-reactive ketones (excluding diaryl/α,β-unsaturated/α-hetero) is 1. The molecule has 1 aromatic rings. The molecule has 0 saturated heterocycles. The molecule has 2 heterocycles. The number of carbonyl (C=O) groups excluding carboxylic acids is 2. The molecule has 2 rings (SSSR count). The predicted octanol–water partition coefficient (Wildman–Crippen LogP) is 7.87. The summed E-state index contributed by atoms with van der Waals surface area (Å²) in [5.41, 5.74) is 2.08. The lowest BCUT2D eigenvalue weighted by molar-refractivity contribution is -0.142. The summed E-state index contributed by atoms with van der Waals surface area (Å²) in [7, 11) is -2.16. The van der Waals surface area contributed by atoms with Gasteiger partial charge in [-0.25, -0.2) is 4.98 Å². The Labute approximate surface area is 254 Å². The zero-order chi connectivity index (χ0) is 31.3. The van der Waals surface area contributed by atoms with E-state index < -0.39 is 25.8 Å². The highest BCUT2D eigenvalue weighted by atomic mass is 32.1. The number of aromatic nitrogens is 1. The van der Waals surface area contributed by atoms with Crippen molar-refractivity contribution < 1.29 is 19.1 Å². The van der Waals surface area contributed by atoms with E-state index in [9.17, 15) is 14.7 Å². The van der Waals surface area contributed by atoms with Crippen LogP contribution in [0.2, 0.25) is 18.1 Å². The SMILES string of the molecule is C/C1=C/C[C@@H](/C(C)=C/c2csc(C)n2)NC(=O)C[C@H](O)C(C)(C)C(=O)[C@H](C)C(O[Si](C)(C)C(C)(C)C)[C@@H](C)CCC1. The van der Waals surface area contributed by atoms with Crippen molar-refractivity contribution in [3.05, 3.63) is 33.3 Å². The molecule has 232 valence electrons. The quantitative estimate of drug-likeness (QED) is 0.270. The highest BCUT2D eigenvalue weighted by Crippen LogP contribution is 2.41. The molecule has 8 heteroatoms. The van der Waals surface area contributed by atoms with E-state index in [2.05, 4.69) is 64.1 Å². The molecule has 0 fully saturated rings. The lowest BCUT2D eigenvalue weighted by atomic mass is 9.73. The van der Waals surface area contributed by atoms with Crippen LogP contribution in [0, 0.1) is 24.2 Å². The molecule has 0 spiro atoms. The minimum Gasteiger partial charge on any atom is -0.413 e. The summed E-state index contributed by atoms with van der Waals surface area (Å²) in [4.78, 5) is 31.8. The average Bonchev–Trinajstić information content (AvgIpc) is 3.26. The molecule has 1 aliphatic rings. The molecule has 0 saturated carbocycles. The van der Waals surface area contributed by atoms with Gasteiger partial charge in [0.05, 0.1) is 40.8 Å². The molecule has 5 atom stereocenters. The molecule has 2 N–H and O–H groups in total. The van der Waals surface area contributed by atoms with E-state index in [1.165, 1.54) is 5.57 Å². The van der Waals surface area contributed by atoms with Gasteiger partial charge in [0.25, 0.3) is 0 Å². The maximum Gasteiger partial charge on any atom is 0.223 e. The fraction of sp³-hybridized carbons (Fsp3) is 0.727. The smallest absolute Gasteiger partial charge is 0.223 e. The van der Waals surface area contributed by atoms with Gasteiger partial charge in [0.2, 0.25) is 5.91 Å².